The third-order valence-corrected chi connectivity index (χ3v) is 6.76. The van der Waals surface area contributed by atoms with Crippen LogP contribution < -0.4 is 14.4 Å². The summed E-state index contributed by atoms with van der Waals surface area (Å²) in [5, 5.41) is 0. The highest BCUT2D eigenvalue weighted by Crippen LogP contribution is 2.46. The molecule has 200 valence electrons. The van der Waals surface area contributed by atoms with Gasteiger partial charge in [-0.25, -0.2) is 15.0 Å². The van der Waals surface area contributed by atoms with Crippen LogP contribution in [0.5, 0.6) is 11.6 Å². The van der Waals surface area contributed by atoms with Crippen LogP contribution in [-0.4, -0.2) is 44.1 Å². The first-order valence-corrected chi connectivity index (χ1v) is 12.2. The molecular weight excluding hydrogens is 513 g/mol. The number of alkyl halides is 3. The van der Waals surface area contributed by atoms with Crippen molar-refractivity contribution >= 4 is 11.6 Å². The monoisotopic (exact) mass is 536 g/mol. The summed E-state index contributed by atoms with van der Waals surface area (Å²) >= 11 is 0. The van der Waals surface area contributed by atoms with Gasteiger partial charge < -0.3 is 18.9 Å². The SMILES string of the molecule is COc1ncnc(C2CC2)c1-c1cc2c(cn1)OCC(=O)N2Cc1ccc(-c2nc(C(F)(F)F)cn2C)cc1. The Balaban J connectivity index is 1.31. The van der Waals surface area contributed by atoms with Crippen LogP contribution in [0.3, 0.4) is 0 Å². The third-order valence-electron chi connectivity index (χ3n) is 6.76. The Labute approximate surface area is 221 Å². The Morgan fingerprint density at radius 3 is 2.56 bits per heavy atom. The molecule has 2 aliphatic rings. The smallest absolute Gasteiger partial charge is 0.434 e. The number of hydrogen-bond donors (Lipinski definition) is 0. The molecule has 1 aromatic carbocycles. The van der Waals surface area contributed by atoms with Crippen molar-refractivity contribution < 1.29 is 27.4 Å². The van der Waals surface area contributed by atoms with Gasteiger partial charge in [0.05, 0.1) is 42.5 Å². The summed E-state index contributed by atoms with van der Waals surface area (Å²) in [6.45, 7) is 0.0931. The van der Waals surface area contributed by atoms with Gasteiger partial charge in [0.1, 0.15) is 12.2 Å². The molecule has 6 rings (SSSR count). The van der Waals surface area contributed by atoms with Crippen molar-refractivity contribution in [1.82, 2.24) is 24.5 Å². The number of methoxy groups -OCH3 is 1. The van der Waals surface area contributed by atoms with E-state index in [-0.39, 0.29) is 24.9 Å². The molecule has 1 aliphatic heterocycles. The predicted molar refractivity (Wildman–Crippen MR) is 134 cm³/mol. The Hall–Kier alpha value is -4.48. The van der Waals surface area contributed by atoms with Crippen LogP contribution in [0.1, 0.15) is 35.7 Å². The molecular formula is C27H23F3N6O3. The van der Waals surface area contributed by atoms with E-state index in [9.17, 15) is 18.0 Å². The van der Waals surface area contributed by atoms with Crippen LogP contribution in [0.2, 0.25) is 0 Å². The molecule has 0 atom stereocenters. The normalized spacial score (nSPS) is 15.2. The number of carbonyl (C=O) groups excluding carboxylic acids is 1. The first-order valence-electron chi connectivity index (χ1n) is 12.2. The van der Waals surface area contributed by atoms with Gasteiger partial charge in [0.25, 0.3) is 5.91 Å². The van der Waals surface area contributed by atoms with Crippen LogP contribution >= 0.6 is 0 Å². The van der Waals surface area contributed by atoms with E-state index >= 15 is 0 Å². The van der Waals surface area contributed by atoms with E-state index in [0.29, 0.717) is 40.1 Å². The molecule has 9 nitrogen and oxygen atoms in total. The number of ether oxygens (including phenoxy) is 2. The first kappa shape index (κ1) is 24.8. The van der Waals surface area contributed by atoms with Crippen LogP contribution in [-0.2, 0) is 24.6 Å². The maximum atomic E-state index is 13.1. The fourth-order valence-electron chi connectivity index (χ4n) is 4.67. The number of pyridine rings is 1. The largest absolute Gasteiger partial charge is 0.480 e. The predicted octanol–water partition coefficient (Wildman–Crippen LogP) is 4.77. The molecule has 1 fully saturated rings. The maximum Gasteiger partial charge on any atom is 0.434 e. The average molecular weight is 537 g/mol. The van der Waals surface area contributed by atoms with Gasteiger partial charge in [-0.05, 0) is 24.5 Å². The highest BCUT2D eigenvalue weighted by Gasteiger charge is 2.35. The fraction of sp³-hybridized carbons (Fsp3) is 0.296. The molecule has 1 amide bonds. The van der Waals surface area contributed by atoms with Gasteiger partial charge in [-0.1, -0.05) is 24.3 Å². The van der Waals surface area contributed by atoms with Crippen LogP contribution in [0.25, 0.3) is 22.6 Å². The topological polar surface area (TPSA) is 95.3 Å². The molecule has 12 heteroatoms. The van der Waals surface area contributed by atoms with Crippen molar-refractivity contribution in [3.8, 4) is 34.3 Å². The van der Waals surface area contributed by atoms with Gasteiger partial charge in [-0.15, -0.1) is 0 Å². The molecule has 4 heterocycles. The molecule has 0 N–H and O–H groups in total. The number of anilines is 1. The summed E-state index contributed by atoms with van der Waals surface area (Å²) in [6, 6.07) is 8.69. The molecule has 0 bridgehead atoms. The first-order chi connectivity index (χ1) is 18.7. The van der Waals surface area contributed by atoms with E-state index in [1.807, 2.05) is 0 Å². The Morgan fingerprint density at radius 2 is 1.90 bits per heavy atom. The summed E-state index contributed by atoms with van der Waals surface area (Å²) in [5.74, 6) is 1.15. The number of amides is 1. The molecule has 0 unspecified atom stereocenters. The second-order valence-corrected chi connectivity index (χ2v) is 9.48. The minimum atomic E-state index is -4.52. The summed E-state index contributed by atoms with van der Waals surface area (Å²) < 4.78 is 51.7. The Kier molecular flexibility index (Phi) is 5.96. The zero-order valence-electron chi connectivity index (χ0n) is 21.1. The number of benzene rings is 1. The number of carbonyl (C=O) groups is 1. The third kappa shape index (κ3) is 4.66. The molecule has 0 spiro atoms. The number of aryl methyl sites for hydroxylation is 1. The molecule has 0 radical (unpaired) electrons. The summed E-state index contributed by atoms with van der Waals surface area (Å²) in [4.78, 5) is 31.6. The van der Waals surface area contributed by atoms with E-state index in [4.69, 9.17) is 9.47 Å². The van der Waals surface area contributed by atoms with Gasteiger partial charge in [0.15, 0.2) is 18.1 Å². The number of hydrogen-bond acceptors (Lipinski definition) is 7. The van der Waals surface area contributed by atoms with E-state index in [2.05, 4.69) is 19.9 Å². The lowest BCUT2D eigenvalue weighted by molar-refractivity contribution is -0.140. The maximum absolute atomic E-state index is 13.1. The molecule has 4 aromatic rings. The molecule has 1 aliphatic carbocycles. The lowest BCUT2D eigenvalue weighted by Gasteiger charge is -2.29. The molecule has 3 aromatic heterocycles. The standard InChI is InChI=1S/C27H23F3N6O3/c1-35-12-21(27(28,29)30)34-25(35)17-5-3-15(4-6-17)11-36-19-9-18(31-10-20(19)39-13-22(36)37)23-24(16-7-8-16)32-14-33-26(23)38-2/h3-6,9-10,12,14,16H,7-8,11,13H2,1-2H3. The van der Waals surface area contributed by atoms with Crippen molar-refractivity contribution in [3.05, 3.63) is 66.0 Å². The highest BCUT2D eigenvalue weighted by atomic mass is 19.4. The van der Waals surface area contributed by atoms with Crippen molar-refractivity contribution in [2.75, 3.05) is 18.6 Å². The van der Waals surface area contributed by atoms with E-state index in [0.717, 1.165) is 30.3 Å². The lowest BCUT2D eigenvalue weighted by Crippen LogP contribution is -2.38. The van der Waals surface area contributed by atoms with Crippen LogP contribution in [0.4, 0.5) is 18.9 Å². The van der Waals surface area contributed by atoms with Crippen molar-refractivity contribution in [2.24, 2.45) is 7.05 Å². The summed E-state index contributed by atoms with van der Waals surface area (Å²) in [7, 11) is 3.06. The van der Waals surface area contributed by atoms with Gasteiger partial charge in [-0.3, -0.25) is 9.78 Å². The van der Waals surface area contributed by atoms with Crippen molar-refractivity contribution in [1.29, 1.82) is 0 Å². The zero-order valence-corrected chi connectivity index (χ0v) is 21.1. The average Bonchev–Trinajstić information content (AvgIpc) is 3.70. The number of aromatic nitrogens is 5. The second-order valence-electron chi connectivity index (χ2n) is 9.48. The Morgan fingerprint density at radius 1 is 1.13 bits per heavy atom. The number of rotatable bonds is 6. The van der Waals surface area contributed by atoms with Gasteiger partial charge >= 0.3 is 6.18 Å². The van der Waals surface area contributed by atoms with Crippen molar-refractivity contribution in [2.45, 2.75) is 31.5 Å². The van der Waals surface area contributed by atoms with Crippen molar-refractivity contribution in [3.63, 3.8) is 0 Å². The number of halogens is 3. The summed E-state index contributed by atoms with van der Waals surface area (Å²) in [6.07, 6.45) is 1.54. The van der Waals surface area contributed by atoms with Crippen LogP contribution in [0, 0.1) is 0 Å². The van der Waals surface area contributed by atoms with Gasteiger partial charge in [0, 0.05) is 24.7 Å². The van der Waals surface area contributed by atoms with Crippen LogP contribution in [0.15, 0.2) is 49.1 Å². The van der Waals surface area contributed by atoms with E-state index < -0.39 is 11.9 Å². The fourth-order valence-corrected chi connectivity index (χ4v) is 4.67. The Bertz CT molecular complexity index is 1560. The summed E-state index contributed by atoms with van der Waals surface area (Å²) in [5.41, 5.74) is 3.04. The number of imidazole rings is 1. The van der Waals surface area contributed by atoms with E-state index in [1.54, 1.807) is 48.5 Å². The number of fused-ring (bicyclic) bond motifs is 1. The van der Waals surface area contributed by atoms with Gasteiger partial charge in [0.2, 0.25) is 5.88 Å². The number of nitrogens with zero attached hydrogens (tertiary/aromatic N) is 6. The zero-order chi connectivity index (χ0) is 27.3. The second kappa shape index (κ2) is 9.37. The van der Waals surface area contributed by atoms with E-state index in [1.165, 1.54) is 17.9 Å². The molecule has 39 heavy (non-hydrogen) atoms. The molecule has 1 saturated carbocycles. The molecule has 0 saturated heterocycles. The highest BCUT2D eigenvalue weighted by molar-refractivity contribution is 5.98. The quantitative estimate of drug-likeness (QED) is 0.350. The lowest BCUT2D eigenvalue weighted by atomic mass is 10.1. The van der Waals surface area contributed by atoms with Gasteiger partial charge in [-0.2, -0.15) is 13.2 Å². The minimum absolute atomic E-state index is 0.134. The minimum Gasteiger partial charge on any atom is -0.480 e.